The number of aliphatic hydroxyl groups is 3. The summed E-state index contributed by atoms with van der Waals surface area (Å²) in [5.74, 6) is -0.166. The molecule has 0 aromatic rings. The predicted octanol–water partition coefficient (Wildman–Crippen LogP) is -0.327. The van der Waals surface area contributed by atoms with E-state index in [2.05, 4.69) is 4.74 Å². The Labute approximate surface area is 269 Å². The van der Waals surface area contributed by atoms with Gasteiger partial charge in [-0.1, -0.05) is 25.7 Å². The van der Waals surface area contributed by atoms with Crippen LogP contribution in [0.5, 0.6) is 0 Å². The van der Waals surface area contributed by atoms with Crippen molar-refractivity contribution in [3.63, 3.8) is 0 Å². The molecule has 1 aliphatic rings. The van der Waals surface area contributed by atoms with E-state index in [0.29, 0.717) is 13.0 Å². The fourth-order valence-corrected chi connectivity index (χ4v) is 2.63. The number of carbonyl (C=O) groups excluding carboxylic acids is 1. The minimum Gasteiger partial charge on any atom is -0.469 e. The number of hydrogen-bond acceptors (Lipinski definition) is 8. The van der Waals surface area contributed by atoms with Crippen LogP contribution in [-0.2, 0) is 19.0 Å². The zero-order chi connectivity index (χ0) is 17.9. The van der Waals surface area contributed by atoms with Gasteiger partial charge in [-0.05, 0) is 12.8 Å². The Hall–Kier alpha value is 3.55. The van der Waals surface area contributed by atoms with Gasteiger partial charge in [0.2, 0.25) is 0 Å². The molecule has 5 atom stereocenters. The van der Waals surface area contributed by atoms with Crippen molar-refractivity contribution in [1.82, 2.24) is 0 Å². The number of carbonyl (C=O) groups is 1. The average molecular weight is 1030 g/mol. The molecule has 27 heavy (non-hydrogen) atoms. The number of methoxy groups -OCH3 is 1. The van der Waals surface area contributed by atoms with Gasteiger partial charge in [0.05, 0.1) is 19.8 Å². The molecule has 8 nitrogen and oxygen atoms in total. The molecule has 1 rings (SSSR count). The molecule has 1 saturated heterocycles. The molecule has 5 N–H and O–H groups in total. The van der Waals surface area contributed by atoms with Crippen LogP contribution in [0.2, 0.25) is 0 Å². The van der Waals surface area contributed by atoms with E-state index in [9.17, 15) is 15.0 Å². The molecule has 0 aromatic carbocycles. The Bertz CT molecular complexity index is 367. The van der Waals surface area contributed by atoms with Crippen LogP contribution in [0.1, 0.15) is 44.9 Å². The molecule has 0 saturated carbocycles. The van der Waals surface area contributed by atoms with E-state index in [0.717, 1.165) is 38.5 Å². The molecule has 0 spiro atoms. The van der Waals surface area contributed by atoms with Gasteiger partial charge in [-0.25, -0.2) is 0 Å². The zero-order valence-electron chi connectivity index (χ0n) is 16.0. The second kappa shape index (κ2) is 21.4. The summed E-state index contributed by atoms with van der Waals surface area (Å²) in [6.07, 6.45) is 2.09. The van der Waals surface area contributed by atoms with Crippen LogP contribution < -0.4 is 5.73 Å². The summed E-state index contributed by atoms with van der Waals surface area (Å²) in [5.41, 5.74) is 5.78. The molecular formula is C16H31Ac3NO7. The van der Waals surface area contributed by atoms with Crippen molar-refractivity contribution in [2.45, 2.75) is 75.6 Å². The first-order valence-corrected chi connectivity index (χ1v) is 8.57. The van der Waals surface area contributed by atoms with Crippen molar-refractivity contribution in [2.24, 2.45) is 5.73 Å². The van der Waals surface area contributed by atoms with E-state index in [-0.39, 0.29) is 138 Å². The molecule has 0 aliphatic carbocycles. The maximum absolute atomic E-state index is 10.9. The molecule has 1 fully saturated rings. The van der Waals surface area contributed by atoms with Crippen molar-refractivity contribution in [3.8, 4) is 0 Å². The number of rotatable bonds is 11. The first-order chi connectivity index (χ1) is 11.5. The standard InChI is InChI=1S/C16H31NO7.3Ac/c1-22-12(19)8-6-4-2-3-5-7-9-23-16-13(17)15(21)14(20)11(10-18)24-16;;;/h11,13-16,18,20-21H,2-10,17H2,1H3;;;/t11?,13?,14-,15?,16+;;;/m0.../s1. The van der Waals surface area contributed by atoms with Crippen LogP contribution in [0.4, 0.5) is 0 Å². The molecule has 151 valence electrons. The van der Waals surface area contributed by atoms with Crippen LogP contribution in [0.3, 0.4) is 0 Å². The second-order valence-corrected chi connectivity index (χ2v) is 6.10. The summed E-state index contributed by atoms with van der Waals surface area (Å²) in [6, 6.07) is -0.846. The Morgan fingerprint density at radius 3 is 2.11 bits per heavy atom. The van der Waals surface area contributed by atoms with E-state index in [4.69, 9.17) is 20.3 Å². The first-order valence-electron chi connectivity index (χ1n) is 8.57. The van der Waals surface area contributed by atoms with E-state index in [1.807, 2.05) is 0 Å². The second-order valence-electron chi connectivity index (χ2n) is 6.10. The minimum absolute atomic E-state index is 0. The summed E-state index contributed by atoms with van der Waals surface area (Å²) in [4.78, 5) is 10.9. The SMILES string of the molecule is COC(=O)CCCCCCCCO[C@@H]1OC(CO)[C@H](O)C(O)C1N.[Ac].[Ac].[Ac]. The van der Waals surface area contributed by atoms with E-state index in [1.54, 1.807) is 0 Å². The van der Waals surface area contributed by atoms with Crippen LogP contribution in [0.25, 0.3) is 0 Å². The van der Waals surface area contributed by atoms with Crippen molar-refractivity contribution in [2.75, 3.05) is 20.3 Å². The quantitative estimate of drug-likeness (QED) is 0.164. The topological polar surface area (TPSA) is 131 Å². The van der Waals surface area contributed by atoms with Crippen LogP contribution >= 0.6 is 0 Å². The largest absolute Gasteiger partial charge is 0.469 e. The van der Waals surface area contributed by atoms with Crippen LogP contribution in [0.15, 0.2) is 0 Å². The Kier molecular flexibility index (Phi) is 27.9. The molecule has 3 radical (unpaired) electrons. The van der Waals surface area contributed by atoms with Gasteiger partial charge in [-0.15, -0.1) is 0 Å². The Morgan fingerprint density at radius 2 is 1.56 bits per heavy atom. The third-order valence-electron chi connectivity index (χ3n) is 4.21. The molecule has 11 heteroatoms. The molecule has 1 heterocycles. The summed E-state index contributed by atoms with van der Waals surface area (Å²) >= 11 is 0. The number of nitrogens with two attached hydrogens (primary N) is 1. The van der Waals surface area contributed by atoms with Crippen molar-refractivity contribution in [1.29, 1.82) is 0 Å². The Morgan fingerprint density at radius 1 is 1.00 bits per heavy atom. The van der Waals surface area contributed by atoms with Gasteiger partial charge in [-0.2, -0.15) is 0 Å². The Balaban J connectivity index is -0.00000192. The van der Waals surface area contributed by atoms with Gasteiger partial charge in [0, 0.05) is 145 Å². The number of esters is 1. The minimum atomic E-state index is -1.21. The van der Waals surface area contributed by atoms with Crippen molar-refractivity contribution in [3.05, 3.63) is 0 Å². The number of aliphatic hydroxyl groups excluding tert-OH is 3. The number of hydrogen-bond donors (Lipinski definition) is 4. The summed E-state index contributed by atoms with van der Waals surface area (Å²) in [7, 11) is 1.40. The third-order valence-corrected chi connectivity index (χ3v) is 4.21. The smallest absolute Gasteiger partial charge is 0.305 e. The summed E-state index contributed by atoms with van der Waals surface area (Å²) in [6.45, 7) is 0.0257. The number of ether oxygens (including phenoxy) is 3. The fraction of sp³-hybridized carbons (Fsp3) is 0.938. The van der Waals surface area contributed by atoms with Gasteiger partial charge >= 0.3 is 5.97 Å². The van der Waals surface area contributed by atoms with Gasteiger partial charge in [-0.3, -0.25) is 4.79 Å². The molecule has 0 aromatic heterocycles. The van der Waals surface area contributed by atoms with Crippen LogP contribution in [0, 0.1) is 132 Å². The van der Waals surface area contributed by atoms with Crippen LogP contribution in [-0.4, -0.2) is 72.3 Å². The van der Waals surface area contributed by atoms with E-state index < -0.39 is 37.3 Å². The monoisotopic (exact) mass is 1030 g/mol. The van der Waals surface area contributed by atoms with Crippen molar-refractivity contribution >= 4 is 5.97 Å². The fourth-order valence-electron chi connectivity index (χ4n) is 2.63. The maximum Gasteiger partial charge on any atom is 0.305 e. The van der Waals surface area contributed by atoms with Gasteiger partial charge in [0.25, 0.3) is 0 Å². The van der Waals surface area contributed by atoms with Gasteiger partial charge in [0.15, 0.2) is 6.29 Å². The van der Waals surface area contributed by atoms with Gasteiger partial charge < -0.3 is 35.3 Å². The van der Waals surface area contributed by atoms with Gasteiger partial charge in [0.1, 0.15) is 18.3 Å². The molecule has 1 aliphatic heterocycles. The maximum atomic E-state index is 10.9. The van der Waals surface area contributed by atoms with E-state index >= 15 is 0 Å². The number of unbranched alkanes of at least 4 members (excludes halogenated alkanes) is 5. The third kappa shape index (κ3) is 14.3. The van der Waals surface area contributed by atoms with E-state index in [1.165, 1.54) is 7.11 Å². The summed E-state index contributed by atoms with van der Waals surface area (Å²) < 4.78 is 15.5. The molecule has 0 bridgehead atoms. The summed E-state index contributed by atoms with van der Waals surface area (Å²) in [5, 5.41) is 28.6. The molecule has 3 unspecified atom stereocenters. The van der Waals surface area contributed by atoms with Crippen molar-refractivity contribution < 1.29 is 167 Å². The zero-order valence-corrected chi connectivity index (χ0v) is 30.3. The normalized spacial score (nSPS) is 26.9. The molecular weight excluding hydrogens is 999 g/mol. The average Bonchev–Trinajstić information content (AvgIpc) is 2.59. The predicted molar refractivity (Wildman–Crippen MR) is 86.0 cm³/mol. The molecule has 0 amide bonds. The first kappa shape index (κ1) is 35.2.